The van der Waals surface area contributed by atoms with E-state index in [1.807, 2.05) is 12.1 Å². The Kier molecular flexibility index (Phi) is 8.31. The number of ether oxygens (including phenoxy) is 1. The molecule has 2 aliphatic rings. The van der Waals surface area contributed by atoms with Crippen LogP contribution in [-0.4, -0.2) is 94.6 Å². The molecule has 214 valence electrons. The summed E-state index contributed by atoms with van der Waals surface area (Å²) in [6, 6.07) is 13.9. The van der Waals surface area contributed by atoms with Gasteiger partial charge in [-0.25, -0.2) is 0 Å². The van der Waals surface area contributed by atoms with Crippen molar-refractivity contribution in [3.8, 4) is 0 Å². The second-order valence-electron chi connectivity index (χ2n) is 10.1. The Morgan fingerprint density at radius 3 is 2.54 bits per heavy atom. The molecule has 2 aromatic carbocycles. The second kappa shape index (κ2) is 12.1. The van der Waals surface area contributed by atoms with E-state index >= 15 is 0 Å². The molecule has 0 saturated carbocycles. The number of nitrogens with two attached hydrogens (primary N) is 1. The zero-order valence-corrected chi connectivity index (χ0v) is 23.4. The van der Waals surface area contributed by atoms with Gasteiger partial charge in [0.15, 0.2) is 5.82 Å². The minimum atomic E-state index is -0.452. The number of rotatable bonds is 8. The summed E-state index contributed by atoms with van der Waals surface area (Å²) >= 11 is 6.34. The molecule has 41 heavy (non-hydrogen) atoms. The fraction of sp³-hybridized carbons (Fsp3) is 0.357. The van der Waals surface area contributed by atoms with Crippen molar-refractivity contribution in [3.05, 3.63) is 76.1 Å². The van der Waals surface area contributed by atoms with E-state index in [1.165, 1.54) is 9.58 Å². The number of hydrogen-bond donors (Lipinski definition) is 2. The fourth-order valence-corrected chi connectivity index (χ4v) is 5.15. The summed E-state index contributed by atoms with van der Waals surface area (Å²) < 4.78 is 6.53. The van der Waals surface area contributed by atoms with Crippen LogP contribution < -0.4 is 10.6 Å². The van der Waals surface area contributed by atoms with Gasteiger partial charge in [-0.3, -0.25) is 19.8 Å². The molecule has 12 nitrogen and oxygen atoms in total. The maximum absolute atomic E-state index is 13.6. The van der Waals surface area contributed by atoms with Gasteiger partial charge < -0.3 is 25.2 Å². The molecule has 13 heteroatoms. The molecular formula is C28H31ClN8O4. The molecule has 1 atom stereocenters. The van der Waals surface area contributed by atoms with Crippen molar-refractivity contribution in [1.29, 1.82) is 5.41 Å². The molecule has 0 radical (unpaired) electrons. The van der Waals surface area contributed by atoms with E-state index in [0.29, 0.717) is 44.2 Å². The first kappa shape index (κ1) is 28.2. The minimum absolute atomic E-state index is 0.0163. The smallest absolute Gasteiger partial charge is 0.282 e. The van der Waals surface area contributed by atoms with Crippen molar-refractivity contribution in [2.45, 2.75) is 18.9 Å². The van der Waals surface area contributed by atoms with E-state index in [0.717, 1.165) is 5.56 Å². The molecule has 5 rings (SSSR count). The van der Waals surface area contributed by atoms with Gasteiger partial charge in [-0.15, -0.1) is 5.10 Å². The molecule has 3 N–H and O–H groups in total. The van der Waals surface area contributed by atoms with E-state index in [-0.39, 0.29) is 59.6 Å². The highest BCUT2D eigenvalue weighted by Gasteiger charge is 2.36. The lowest BCUT2D eigenvalue weighted by atomic mass is 10.1. The predicted molar refractivity (Wildman–Crippen MR) is 152 cm³/mol. The minimum Gasteiger partial charge on any atom is -0.384 e. The number of anilines is 1. The van der Waals surface area contributed by atoms with Crippen LogP contribution >= 0.6 is 11.6 Å². The Balaban J connectivity index is 1.39. The zero-order valence-electron chi connectivity index (χ0n) is 22.6. The van der Waals surface area contributed by atoms with E-state index in [1.54, 1.807) is 53.2 Å². The van der Waals surface area contributed by atoms with Crippen LogP contribution in [0.4, 0.5) is 5.95 Å². The molecule has 2 fully saturated rings. The molecule has 3 heterocycles. The Hall–Kier alpha value is -4.29. The summed E-state index contributed by atoms with van der Waals surface area (Å²) in [6.45, 7) is 2.63. The summed E-state index contributed by atoms with van der Waals surface area (Å²) in [5, 5.41) is 12.5. The Morgan fingerprint density at radius 1 is 1.15 bits per heavy atom. The topological polar surface area (TPSA) is 151 Å². The number of likely N-dealkylation sites (tertiary alicyclic amines) is 1. The Labute approximate surface area is 242 Å². The summed E-state index contributed by atoms with van der Waals surface area (Å²) in [6.07, 6.45) is 0.135. The number of amidine groups is 1. The van der Waals surface area contributed by atoms with E-state index < -0.39 is 5.91 Å². The third-order valence-corrected chi connectivity index (χ3v) is 7.53. The lowest BCUT2D eigenvalue weighted by Gasteiger charge is -2.28. The lowest BCUT2D eigenvalue weighted by molar-refractivity contribution is -0.141. The average Bonchev–Trinajstić information content (AvgIpc) is 3.58. The molecule has 2 aliphatic heterocycles. The van der Waals surface area contributed by atoms with Gasteiger partial charge >= 0.3 is 0 Å². The monoisotopic (exact) mass is 578 g/mol. The highest BCUT2D eigenvalue weighted by Crippen LogP contribution is 2.29. The molecular weight excluding hydrogens is 548 g/mol. The van der Waals surface area contributed by atoms with E-state index in [4.69, 9.17) is 32.5 Å². The number of amides is 2. The summed E-state index contributed by atoms with van der Waals surface area (Å²) in [4.78, 5) is 49.0. The highest BCUT2D eigenvalue weighted by molar-refractivity contribution is 6.33. The van der Waals surface area contributed by atoms with Crippen LogP contribution in [0.15, 0.2) is 48.5 Å². The maximum atomic E-state index is 13.6. The SMILES string of the molecule is CN(Cc1ccc(C(=N)N)cc1)c1nc(C2CC(=O)N(CC(=O)N3CCOCC3)C2)nn1C(=O)c1ccccc1Cl. The highest BCUT2D eigenvalue weighted by atomic mass is 35.5. The van der Waals surface area contributed by atoms with Crippen molar-refractivity contribution in [2.75, 3.05) is 51.3 Å². The molecule has 2 amide bonds. The van der Waals surface area contributed by atoms with Crippen LogP contribution in [0.2, 0.25) is 5.02 Å². The molecule has 1 aromatic heterocycles. The number of nitrogens with zero attached hydrogens (tertiary/aromatic N) is 6. The number of nitrogen functional groups attached to an aromatic ring is 1. The quantitative estimate of drug-likeness (QED) is 0.303. The predicted octanol–water partition coefficient (Wildman–Crippen LogP) is 1.72. The second-order valence-corrected chi connectivity index (χ2v) is 10.5. The first-order valence-electron chi connectivity index (χ1n) is 13.2. The molecule has 3 aromatic rings. The third kappa shape index (κ3) is 6.23. The van der Waals surface area contributed by atoms with Crippen molar-refractivity contribution in [3.63, 3.8) is 0 Å². The number of morpholine rings is 1. The van der Waals surface area contributed by atoms with Gasteiger partial charge in [0, 0.05) is 51.1 Å². The summed E-state index contributed by atoms with van der Waals surface area (Å²) in [5.74, 6) is -0.512. The lowest BCUT2D eigenvalue weighted by Crippen LogP contribution is -2.46. The van der Waals surface area contributed by atoms with Gasteiger partial charge in [-0.2, -0.15) is 9.67 Å². The van der Waals surface area contributed by atoms with E-state index in [2.05, 4.69) is 5.10 Å². The Bertz CT molecular complexity index is 1470. The van der Waals surface area contributed by atoms with Crippen LogP contribution in [0.5, 0.6) is 0 Å². The van der Waals surface area contributed by atoms with Crippen molar-refractivity contribution >= 4 is 41.1 Å². The van der Waals surface area contributed by atoms with Gasteiger partial charge in [0.25, 0.3) is 5.91 Å². The number of benzene rings is 2. The Morgan fingerprint density at radius 2 is 1.85 bits per heavy atom. The maximum Gasteiger partial charge on any atom is 0.282 e. The van der Waals surface area contributed by atoms with Crippen LogP contribution in [0, 0.1) is 5.41 Å². The van der Waals surface area contributed by atoms with Gasteiger partial charge in [0.1, 0.15) is 5.84 Å². The molecule has 0 aliphatic carbocycles. The summed E-state index contributed by atoms with van der Waals surface area (Å²) in [7, 11) is 1.79. The average molecular weight is 579 g/mol. The standard InChI is InChI=1S/C28H31ClN8O4/c1-34(15-18-6-8-19(9-7-18)25(30)31)28-32-26(33-37(28)27(40)21-4-2-3-5-22(21)29)20-14-23(38)36(16-20)17-24(39)35-10-12-41-13-11-35/h2-9,20H,10-17H2,1H3,(H3,30,31). The van der Waals surface area contributed by atoms with E-state index in [9.17, 15) is 14.4 Å². The van der Waals surface area contributed by atoms with Gasteiger partial charge in [0.05, 0.1) is 30.3 Å². The van der Waals surface area contributed by atoms with Crippen LogP contribution in [-0.2, 0) is 20.9 Å². The van der Waals surface area contributed by atoms with Crippen molar-refractivity contribution in [2.24, 2.45) is 5.73 Å². The largest absolute Gasteiger partial charge is 0.384 e. The molecule has 0 bridgehead atoms. The van der Waals surface area contributed by atoms with Gasteiger partial charge in [-0.1, -0.05) is 48.0 Å². The van der Waals surface area contributed by atoms with Crippen LogP contribution in [0.3, 0.4) is 0 Å². The van der Waals surface area contributed by atoms with Crippen molar-refractivity contribution in [1.82, 2.24) is 24.6 Å². The molecule has 2 saturated heterocycles. The first-order valence-corrected chi connectivity index (χ1v) is 13.6. The number of halogens is 1. The number of nitrogens with one attached hydrogen (secondary N) is 1. The van der Waals surface area contributed by atoms with Crippen molar-refractivity contribution < 1.29 is 19.1 Å². The van der Waals surface area contributed by atoms with Gasteiger partial charge in [-0.05, 0) is 17.7 Å². The molecule has 1 unspecified atom stereocenters. The zero-order chi connectivity index (χ0) is 29.1. The van der Waals surface area contributed by atoms with Gasteiger partial charge in [0.2, 0.25) is 17.8 Å². The molecule has 0 spiro atoms. The van der Waals surface area contributed by atoms with Crippen LogP contribution in [0.1, 0.15) is 39.6 Å². The fourth-order valence-electron chi connectivity index (χ4n) is 4.93. The van der Waals surface area contributed by atoms with Crippen LogP contribution in [0.25, 0.3) is 0 Å². The number of carbonyl (C=O) groups is 3. The summed E-state index contributed by atoms with van der Waals surface area (Å²) in [5.41, 5.74) is 7.36. The normalized spacial score (nSPS) is 17.1. The first-order chi connectivity index (χ1) is 19.7. The number of carbonyl (C=O) groups excluding carboxylic acids is 3. The third-order valence-electron chi connectivity index (χ3n) is 7.20. The number of aromatic nitrogens is 3. The number of hydrogen-bond acceptors (Lipinski definition) is 8.